The largest absolute Gasteiger partial charge is 0.487 e. The molecule has 2 unspecified atom stereocenters. The van der Waals surface area contributed by atoms with Crippen LogP contribution in [0, 0.1) is 5.82 Å². The van der Waals surface area contributed by atoms with E-state index in [1.807, 2.05) is 0 Å². The monoisotopic (exact) mass is 239 g/mol. The Morgan fingerprint density at radius 1 is 1.53 bits per heavy atom. The molecule has 1 aromatic rings. The minimum Gasteiger partial charge on any atom is -0.487 e. The number of hydrogen-bond donors (Lipinski definition) is 2. The summed E-state index contributed by atoms with van der Waals surface area (Å²) in [6, 6.07) is 6.06. The van der Waals surface area contributed by atoms with E-state index in [0.717, 1.165) is 0 Å². The molecule has 0 radical (unpaired) electrons. The molecule has 4 nitrogen and oxygen atoms in total. The van der Waals surface area contributed by atoms with Gasteiger partial charge in [-0.15, -0.1) is 0 Å². The van der Waals surface area contributed by atoms with Gasteiger partial charge in [0, 0.05) is 6.42 Å². The normalized spacial score (nSPS) is 28.0. The molecule has 0 saturated heterocycles. The van der Waals surface area contributed by atoms with Crippen molar-refractivity contribution >= 4 is 5.97 Å². The van der Waals surface area contributed by atoms with Gasteiger partial charge in [-0.3, -0.25) is 4.79 Å². The highest BCUT2D eigenvalue weighted by atomic mass is 19.1. The van der Waals surface area contributed by atoms with Crippen LogP contribution in [0.3, 0.4) is 0 Å². The Balaban J connectivity index is 2.04. The molecule has 0 bridgehead atoms. The van der Waals surface area contributed by atoms with Gasteiger partial charge in [0.2, 0.25) is 0 Å². The Bertz CT molecular complexity index is 438. The van der Waals surface area contributed by atoms with Gasteiger partial charge in [-0.05, 0) is 25.0 Å². The molecule has 1 fully saturated rings. The fourth-order valence-electron chi connectivity index (χ4n) is 2.04. The number of aliphatic carboxylic acids is 1. The molecule has 2 rings (SSSR count). The minimum atomic E-state index is -1.24. The second kappa shape index (κ2) is 4.33. The fraction of sp³-hybridized carbons (Fsp3) is 0.417. The summed E-state index contributed by atoms with van der Waals surface area (Å²) in [5.41, 5.74) is 4.47. The van der Waals surface area contributed by atoms with Crippen molar-refractivity contribution in [3.8, 4) is 5.75 Å². The van der Waals surface area contributed by atoms with Gasteiger partial charge in [0.15, 0.2) is 11.6 Å². The zero-order chi connectivity index (χ0) is 12.5. The topological polar surface area (TPSA) is 72.6 Å². The molecule has 0 aromatic heterocycles. The van der Waals surface area contributed by atoms with E-state index in [4.69, 9.17) is 15.6 Å². The zero-order valence-electron chi connectivity index (χ0n) is 9.23. The summed E-state index contributed by atoms with van der Waals surface area (Å²) in [5.74, 6) is -1.33. The van der Waals surface area contributed by atoms with Crippen molar-refractivity contribution in [3.05, 3.63) is 30.1 Å². The highest BCUT2D eigenvalue weighted by Gasteiger charge is 2.43. The molecule has 5 heteroatoms. The third-order valence-electron chi connectivity index (χ3n) is 3.06. The maximum atomic E-state index is 13.3. The van der Waals surface area contributed by atoms with E-state index in [1.165, 1.54) is 12.1 Å². The van der Waals surface area contributed by atoms with Crippen LogP contribution in [-0.2, 0) is 4.79 Å². The summed E-state index contributed by atoms with van der Waals surface area (Å²) in [6.45, 7) is 0. The maximum Gasteiger partial charge on any atom is 0.323 e. The third kappa shape index (κ3) is 2.39. The predicted octanol–water partition coefficient (Wildman–Crippen LogP) is 1.54. The summed E-state index contributed by atoms with van der Waals surface area (Å²) in [5, 5.41) is 8.96. The van der Waals surface area contributed by atoms with E-state index in [0.29, 0.717) is 12.8 Å². The van der Waals surface area contributed by atoms with Crippen molar-refractivity contribution in [2.45, 2.75) is 30.9 Å². The smallest absolute Gasteiger partial charge is 0.323 e. The number of halogens is 1. The van der Waals surface area contributed by atoms with Crippen LogP contribution >= 0.6 is 0 Å². The maximum absolute atomic E-state index is 13.3. The Hall–Kier alpha value is -1.62. The van der Waals surface area contributed by atoms with Crippen molar-refractivity contribution in [1.29, 1.82) is 0 Å². The number of nitrogens with two attached hydrogens (primary N) is 1. The van der Waals surface area contributed by atoms with E-state index in [-0.39, 0.29) is 18.3 Å². The van der Waals surface area contributed by atoms with Gasteiger partial charge >= 0.3 is 5.97 Å². The molecular weight excluding hydrogens is 225 g/mol. The van der Waals surface area contributed by atoms with Gasteiger partial charge in [0.25, 0.3) is 0 Å². The van der Waals surface area contributed by atoms with Crippen molar-refractivity contribution in [2.75, 3.05) is 0 Å². The molecule has 1 aliphatic rings. The Morgan fingerprint density at radius 2 is 2.24 bits per heavy atom. The number of carboxylic acid groups (broad SMARTS) is 1. The van der Waals surface area contributed by atoms with E-state index >= 15 is 0 Å². The number of ether oxygens (including phenoxy) is 1. The quantitative estimate of drug-likeness (QED) is 0.839. The van der Waals surface area contributed by atoms with E-state index in [2.05, 4.69) is 0 Å². The van der Waals surface area contributed by atoms with Crippen LogP contribution in [0.2, 0.25) is 0 Å². The summed E-state index contributed by atoms with van der Waals surface area (Å²) < 4.78 is 18.8. The van der Waals surface area contributed by atoms with Gasteiger partial charge in [-0.1, -0.05) is 12.1 Å². The SMILES string of the molecule is NC1(C(=O)O)CCC(Oc2ccccc2F)C1. The van der Waals surface area contributed by atoms with Crippen molar-refractivity contribution in [1.82, 2.24) is 0 Å². The van der Waals surface area contributed by atoms with Crippen LogP contribution in [-0.4, -0.2) is 22.7 Å². The minimum absolute atomic E-state index is 0.145. The molecule has 3 N–H and O–H groups in total. The average Bonchev–Trinajstić information content (AvgIpc) is 2.65. The van der Waals surface area contributed by atoms with Gasteiger partial charge in [0.1, 0.15) is 11.6 Å². The van der Waals surface area contributed by atoms with Gasteiger partial charge in [-0.25, -0.2) is 4.39 Å². The molecule has 0 aliphatic heterocycles. The molecule has 0 spiro atoms. The lowest BCUT2D eigenvalue weighted by Crippen LogP contribution is -2.46. The lowest BCUT2D eigenvalue weighted by atomic mass is 10.00. The lowest BCUT2D eigenvalue weighted by Gasteiger charge is -2.18. The Labute approximate surface area is 98.2 Å². The van der Waals surface area contributed by atoms with Gasteiger partial charge < -0.3 is 15.6 Å². The van der Waals surface area contributed by atoms with Crippen LogP contribution in [0.4, 0.5) is 4.39 Å². The number of carboxylic acids is 1. The molecule has 1 aromatic carbocycles. The number of carbonyl (C=O) groups is 1. The molecule has 0 amide bonds. The fourth-order valence-corrected chi connectivity index (χ4v) is 2.04. The molecule has 1 saturated carbocycles. The molecular formula is C12H14FNO3. The zero-order valence-corrected chi connectivity index (χ0v) is 9.23. The number of rotatable bonds is 3. The van der Waals surface area contributed by atoms with Crippen LogP contribution in [0.25, 0.3) is 0 Å². The molecule has 1 aliphatic carbocycles. The van der Waals surface area contributed by atoms with Gasteiger partial charge in [-0.2, -0.15) is 0 Å². The molecule has 17 heavy (non-hydrogen) atoms. The first-order chi connectivity index (χ1) is 8.01. The Kier molecular flexibility index (Phi) is 3.02. The number of hydrogen-bond acceptors (Lipinski definition) is 3. The summed E-state index contributed by atoms with van der Waals surface area (Å²) in [4.78, 5) is 10.9. The second-order valence-corrected chi connectivity index (χ2v) is 4.37. The van der Waals surface area contributed by atoms with Crippen molar-refractivity contribution < 1.29 is 19.0 Å². The van der Waals surface area contributed by atoms with Crippen molar-refractivity contribution in [2.24, 2.45) is 5.73 Å². The Morgan fingerprint density at radius 3 is 2.82 bits per heavy atom. The van der Waals surface area contributed by atoms with E-state index < -0.39 is 17.3 Å². The molecule has 0 heterocycles. The van der Waals surface area contributed by atoms with Crippen LogP contribution in [0.15, 0.2) is 24.3 Å². The first-order valence-corrected chi connectivity index (χ1v) is 5.45. The second-order valence-electron chi connectivity index (χ2n) is 4.37. The summed E-state index contributed by atoms with van der Waals surface area (Å²) in [6.07, 6.45) is 0.739. The molecule has 2 atom stereocenters. The summed E-state index contributed by atoms with van der Waals surface area (Å²) >= 11 is 0. The van der Waals surface area contributed by atoms with Crippen LogP contribution < -0.4 is 10.5 Å². The van der Waals surface area contributed by atoms with Crippen molar-refractivity contribution in [3.63, 3.8) is 0 Å². The van der Waals surface area contributed by atoms with E-state index in [9.17, 15) is 9.18 Å². The van der Waals surface area contributed by atoms with Crippen LogP contribution in [0.5, 0.6) is 5.75 Å². The van der Waals surface area contributed by atoms with Gasteiger partial charge in [0.05, 0.1) is 0 Å². The number of benzene rings is 1. The standard InChI is InChI=1S/C12H14FNO3/c13-9-3-1-2-4-10(9)17-8-5-6-12(14,7-8)11(15)16/h1-4,8H,5-7,14H2,(H,15,16). The predicted molar refractivity (Wildman–Crippen MR) is 59.2 cm³/mol. The highest BCUT2D eigenvalue weighted by molar-refractivity contribution is 5.79. The lowest BCUT2D eigenvalue weighted by molar-refractivity contribution is -0.143. The third-order valence-corrected chi connectivity index (χ3v) is 3.06. The molecule has 92 valence electrons. The number of para-hydroxylation sites is 1. The van der Waals surface area contributed by atoms with E-state index in [1.54, 1.807) is 12.1 Å². The average molecular weight is 239 g/mol. The first kappa shape index (κ1) is 11.9. The van der Waals surface area contributed by atoms with Crippen LogP contribution in [0.1, 0.15) is 19.3 Å². The highest BCUT2D eigenvalue weighted by Crippen LogP contribution is 2.31. The summed E-state index contributed by atoms with van der Waals surface area (Å²) in [7, 11) is 0. The first-order valence-electron chi connectivity index (χ1n) is 5.45.